The largest absolute Gasteiger partial charge is 0.466 e. The summed E-state index contributed by atoms with van der Waals surface area (Å²) in [5.74, 6) is 0.0451. The van der Waals surface area contributed by atoms with Crippen LogP contribution in [0.3, 0.4) is 0 Å². The summed E-state index contributed by atoms with van der Waals surface area (Å²) in [4.78, 5) is 0. The second-order valence-electron chi connectivity index (χ2n) is 2.97. The van der Waals surface area contributed by atoms with Crippen LogP contribution >= 0.6 is 0 Å². The Kier molecular flexibility index (Phi) is 2.33. The fourth-order valence-electron chi connectivity index (χ4n) is 1.29. The minimum Gasteiger partial charge on any atom is -0.466 e. The first kappa shape index (κ1) is 8.97. The van der Waals surface area contributed by atoms with E-state index in [1.54, 1.807) is 24.3 Å². The van der Waals surface area contributed by atoms with Crippen LogP contribution in [0.2, 0.25) is 0 Å². The van der Waals surface area contributed by atoms with Crippen molar-refractivity contribution in [2.24, 2.45) is 0 Å². The van der Waals surface area contributed by atoms with Gasteiger partial charge in [0, 0.05) is 0 Å². The molecule has 0 aliphatic heterocycles. The van der Waals surface area contributed by atoms with Gasteiger partial charge in [-0.25, -0.2) is 4.39 Å². The molecule has 1 aromatic heterocycles. The molecule has 72 valence electrons. The molecule has 0 spiro atoms. The number of furan rings is 1. The topological polar surface area (TPSA) is 33.4 Å². The van der Waals surface area contributed by atoms with Crippen LogP contribution < -0.4 is 0 Å². The summed E-state index contributed by atoms with van der Waals surface area (Å²) >= 11 is 0. The first-order valence-corrected chi connectivity index (χ1v) is 4.24. The third kappa shape index (κ3) is 1.67. The normalized spacial score (nSPS) is 12.7. The fraction of sp³-hybridized carbons (Fsp3) is 0.0909. The predicted molar refractivity (Wildman–Crippen MR) is 49.2 cm³/mol. The van der Waals surface area contributed by atoms with Gasteiger partial charge in [-0.3, -0.25) is 0 Å². The molecule has 1 heterocycles. The molecular weight excluding hydrogens is 183 g/mol. The van der Waals surface area contributed by atoms with E-state index in [1.165, 1.54) is 18.4 Å². The molecule has 0 amide bonds. The molecule has 0 radical (unpaired) electrons. The quantitative estimate of drug-likeness (QED) is 0.793. The summed E-state index contributed by atoms with van der Waals surface area (Å²) in [7, 11) is 0. The van der Waals surface area contributed by atoms with Crippen molar-refractivity contribution < 1.29 is 13.9 Å². The first-order chi connectivity index (χ1) is 6.77. The number of aliphatic hydroxyl groups excluding tert-OH is 1. The highest BCUT2D eigenvalue weighted by atomic mass is 19.1. The molecule has 0 saturated carbocycles. The number of halogens is 1. The monoisotopic (exact) mass is 192 g/mol. The molecule has 2 nitrogen and oxygen atoms in total. The van der Waals surface area contributed by atoms with E-state index in [1.807, 2.05) is 0 Å². The molecule has 0 aliphatic carbocycles. The van der Waals surface area contributed by atoms with Crippen molar-refractivity contribution >= 4 is 0 Å². The Morgan fingerprint density at radius 3 is 2.71 bits per heavy atom. The minimum atomic E-state index is -0.902. The average molecular weight is 192 g/mol. The average Bonchev–Trinajstić information content (AvgIpc) is 2.69. The molecule has 2 rings (SSSR count). The number of benzene rings is 1. The van der Waals surface area contributed by atoms with Gasteiger partial charge in [0.15, 0.2) is 0 Å². The second-order valence-corrected chi connectivity index (χ2v) is 2.97. The summed E-state index contributed by atoms with van der Waals surface area (Å²) in [6.45, 7) is 0. The van der Waals surface area contributed by atoms with Gasteiger partial charge in [-0.05, 0) is 29.8 Å². The smallest absolute Gasteiger partial charge is 0.137 e. The summed E-state index contributed by atoms with van der Waals surface area (Å²) < 4.78 is 17.8. The van der Waals surface area contributed by atoms with Gasteiger partial charge in [-0.2, -0.15) is 0 Å². The zero-order valence-corrected chi connectivity index (χ0v) is 7.35. The molecule has 0 fully saturated rings. The summed E-state index contributed by atoms with van der Waals surface area (Å²) in [6.07, 6.45) is 0.568. The van der Waals surface area contributed by atoms with Gasteiger partial charge < -0.3 is 9.52 Å². The Labute approximate surface area is 80.6 Å². The van der Waals surface area contributed by atoms with Crippen LogP contribution in [0.5, 0.6) is 0 Å². The molecule has 0 unspecified atom stereocenters. The van der Waals surface area contributed by atoms with Crippen LogP contribution in [0.4, 0.5) is 4.39 Å². The van der Waals surface area contributed by atoms with E-state index in [9.17, 15) is 9.50 Å². The van der Waals surface area contributed by atoms with Gasteiger partial charge >= 0.3 is 0 Å². The molecule has 3 heteroatoms. The number of aliphatic hydroxyl groups is 1. The Balaban J connectivity index is 2.32. The van der Waals surface area contributed by atoms with E-state index in [0.717, 1.165) is 0 Å². The molecule has 2 aromatic rings. The Bertz CT molecular complexity index is 409. The standard InChI is InChI=1S/C11H9FO2/c12-9-4-1-3-8(7-9)11(13)10-5-2-6-14-10/h1-7,11,13H/t11-/m1/s1. The van der Waals surface area contributed by atoms with Crippen molar-refractivity contribution in [3.63, 3.8) is 0 Å². The predicted octanol–water partition coefficient (Wildman–Crippen LogP) is 2.50. The lowest BCUT2D eigenvalue weighted by molar-refractivity contribution is 0.189. The lowest BCUT2D eigenvalue weighted by atomic mass is 10.1. The lowest BCUT2D eigenvalue weighted by Crippen LogP contribution is -1.97. The summed E-state index contributed by atoms with van der Waals surface area (Å²) in [5, 5.41) is 9.74. The van der Waals surface area contributed by atoms with Crippen LogP contribution in [0.25, 0.3) is 0 Å². The molecule has 0 saturated heterocycles. The number of hydrogen-bond acceptors (Lipinski definition) is 2. The van der Waals surface area contributed by atoms with Crippen LogP contribution in [0.1, 0.15) is 17.4 Å². The maximum absolute atomic E-state index is 12.8. The highest BCUT2D eigenvalue weighted by molar-refractivity contribution is 5.24. The minimum absolute atomic E-state index is 0.367. The third-order valence-corrected chi connectivity index (χ3v) is 1.98. The summed E-state index contributed by atoms with van der Waals surface area (Å²) in [5.41, 5.74) is 0.486. The van der Waals surface area contributed by atoms with Gasteiger partial charge in [0.05, 0.1) is 6.26 Å². The fourth-order valence-corrected chi connectivity index (χ4v) is 1.29. The third-order valence-electron chi connectivity index (χ3n) is 1.98. The van der Waals surface area contributed by atoms with Crippen LogP contribution in [-0.4, -0.2) is 5.11 Å². The zero-order chi connectivity index (χ0) is 9.97. The van der Waals surface area contributed by atoms with Crippen LogP contribution in [0, 0.1) is 5.82 Å². The van der Waals surface area contributed by atoms with Crippen molar-refractivity contribution in [1.82, 2.24) is 0 Å². The van der Waals surface area contributed by atoms with Gasteiger partial charge in [0.2, 0.25) is 0 Å². The molecular formula is C11H9FO2. The van der Waals surface area contributed by atoms with Crippen molar-refractivity contribution in [1.29, 1.82) is 0 Å². The van der Waals surface area contributed by atoms with Gasteiger partial charge in [-0.1, -0.05) is 12.1 Å². The van der Waals surface area contributed by atoms with Crippen LogP contribution in [0.15, 0.2) is 47.1 Å². The van der Waals surface area contributed by atoms with Gasteiger partial charge in [0.25, 0.3) is 0 Å². The molecule has 0 aliphatic rings. The lowest BCUT2D eigenvalue weighted by Gasteiger charge is -2.07. The molecule has 14 heavy (non-hydrogen) atoms. The van der Waals surface area contributed by atoms with Gasteiger partial charge in [-0.15, -0.1) is 0 Å². The van der Waals surface area contributed by atoms with Crippen LogP contribution in [-0.2, 0) is 0 Å². The van der Waals surface area contributed by atoms with Crippen molar-refractivity contribution in [2.45, 2.75) is 6.10 Å². The Morgan fingerprint density at radius 1 is 1.21 bits per heavy atom. The highest BCUT2D eigenvalue weighted by Gasteiger charge is 2.12. The molecule has 0 bridgehead atoms. The van der Waals surface area contributed by atoms with E-state index >= 15 is 0 Å². The Hall–Kier alpha value is -1.61. The van der Waals surface area contributed by atoms with E-state index < -0.39 is 6.10 Å². The van der Waals surface area contributed by atoms with E-state index in [0.29, 0.717) is 11.3 Å². The molecule has 1 atom stereocenters. The van der Waals surface area contributed by atoms with E-state index in [-0.39, 0.29) is 5.82 Å². The molecule has 1 aromatic carbocycles. The maximum atomic E-state index is 12.8. The van der Waals surface area contributed by atoms with Gasteiger partial charge in [0.1, 0.15) is 17.7 Å². The molecule has 1 N–H and O–H groups in total. The number of rotatable bonds is 2. The van der Waals surface area contributed by atoms with E-state index in [2.05, 4.69) is 0 Å². The van der Waals surface area contributed by atoms with Crippen molar-refractivity contribution in [3.8, 4) is 0 Å². The number of hydrogen-bond donors (Lipinski definition) is 1. The van der Waals surface area contributed by atoms with Crippen molar-refractivity contribution in [3.05, 3.63) is 59.8 Å². The highest BCUT2D eigenvalue weighted by Crippen LogP contribution is 2.22. The second kappa shape index (κ2) is 3.64. The van der Waals surface area contributed by atoms with E-state index in [4.69, 9.17) is 4.42 Å². The maximum Gasteiger partial charge on any atom is 0.137 e. The first-order valence-electron chi connectivity index (χ1n) is 4.24. The Morgan fingerprint density at radius 2 is 2.07 bits per heavy atom. The summed E-state index contributed by atoms with van der Waals surface area (Å²) in [6, 6.07) is 9.14. The SMILES string of the molecule is O[C@H](c1cccc(F)c1)c1ccco1. The van der Waals surface area contributed by atoms with Crippen molar-refractivity contribution in [2.75, 3.05) is 0 Å². The zero-order valence-electron chi connectivity index (χ0n) is 7.35.